The Kier molecular flexibility index (Phi) is 11.5. The molecule has 1 aromatic carbocycles. The van der Waals surface area contributed by atoms with Crippen LogP contribution >= 0.6 is 7.82 Å². The zero-order chi connectivity index (χ0) is 37.9. The van der Waals surface area contributed by atoms with Crippen LogP contribution in [0.2, 0.25) is 0 Å². The van der Waals surface area contributed by atoms with Gasteiger partial charge in [0.25, 0.3) is 11.8 Å². The van der Waals surface area contributed by atoms with Crippen molar-refractivity contribution in [1.29, 1.82) is 0 Å². The van der Waals surface area contributed by atoms with Crippen molar-refractivity contribution in [1.82, 2.24) is 15.7 Å². The molecule has 1 fully saturated rings. The number of phosphoric ester groups is 1. The summed E-state index contributed by atoms with van der Waals surface area (Å²) in [6.45, 7) is 14.5. The zero-order valence-electron chi connectivity index (χ0n) is 29.6. The number of carbonyl (C=O) groups excluding carboxylic acids is 4. The Morgan fingerprint density at radius 3 is 2.48 bits per heavy atom. The Bertz CT molecular complexity index is 2100. The molecule has 4 aliphatic rings. The average molecular weight is 736 g/mol. The van der Waals surface area contributed by atoms with Gasteiger partial charge in [-0.15, -0.1) is 5.06 Å². The van der Waals surface area contributed by atoms with Crippen molar-refractivity contribution in [3.8, 4) is 11.3 Å². The minimum absolute atomic E-state index is 0.102. The minimum atomic E-state index is -4.76. The first-order chi connectivity index (χ1) is 24.6. The van der Waals surface area contributed by atoms with Gasteiger partial charge in [0.05, 0.1) is 23.9 Å². The van der Waals surface area contributed by atoms with Crippen molar-refractivity contribution >= 4 is 53.9 Å². The number of anilines is 1. The monoisotopic (exact) mass is 735 g/mol. The van der Waals surface area contributed by atoms with E-state index in [2.05, 4.69) is 32.0 Å². The van der Waals surface area contributed by atoms with Gasteiger partial charge in [-0.2, -0.15) is 0 Å². The molecule has 0 saturated carbocycles. The summed E-state index contributed by atoms with van der Waals surface area (Å²) >= 11 is 0. The molecule has 4 amide bonds. The molecule has 2 atom stereocenters. The molecule has 1 aromatic rings. The van der Waals surface area contributed by atoms with E-state index in [1.165, 1.54) is 0 Å². The largest absolute Gasteiger partial charge is 0.469 e. The summed E-state index contributed by atoms with van der Waals surface area (Å²) in [4.78, 5) is 78.7. The summed E-state index contributed by atoms with van der Waals surface area (Å²) in [7, 11) is -4.76. The summed E-state index contributed by atoms with van der Waals surface area (Å²) in [6, 6.07) is 6.83. The van der Waals surface area contributed by atoms with E-state index in [0.29, 0.717) is 40.6 Å². The Labute approximate surface area is 300 Å². The van der Waals surface area contributed by atoms with Crippen molar-refractivity contribution < 1.29 is 47.3 Å². The van der Waals surface area contributed by atoms with Crippen LogP contribution in [0.1, 0.15) is 50.3 Å². The number of allylic oxidation sites excluding steroid dienone is 2. The zero-order valence-corrected chi connectivity index (χ0v) is 30.5. The van der Waals surface area contributed by atoms with Crippen LogP contribution in [-0.2, 0) is 28.3 Å². The average Bonchev–Trinajstić information content (AvgIpc) is 3.54. The molecule has 0 bridgehead atoms. The van der Waals surface area contributed by atoms with E-state index in [4.69, 9.17) is 19.0 Å². The van der Waals surface area contributed by atoms with Gasteiger partial charge in [-0.1, -0.05) is 18.7 Å². The number of nitrogens with one attached hydrogen (secondary N) is 3. The number of fused-ring (bicyclic) bond motifs is 2. The molecule has 0 radical (unpaired) electrons. The molecule has 1 saturated heterocycles. The number of imide groups is 1. The first-order valence-corrected chi connectivity index (χ1v) is 18.3. The number of hydrogen-bond donors (Lipinski definition) is 5. The SMILES string of the molecule is C=C1C=C(/C=C(\C)c2c3cc(C)c(=NCC)cc-3oc3cc(NCC)c(C)cc23)C(NC(=O)ON2C(=O)CCC2=O)C1C(=O)NCCOP(=O)(O)O. The highest BCUT2D eigenvalue weighted by Crippen LogP contribution is 2.41. The molecule has 15 nitrogen and oxygen atoms in total. The Balaban J connectivity index is 1.59. The third-order valence-electron chi connectivity index (χ3n) is 8.70. The number of hydroxylamine groups is 2. The van der Waals surface area contributed by atoms with Crippen molar-refractivity contribution in [2.45, 2.75) is 53.5 Å². The fourth-order valence-electron chi connectivity index (χ4n) is 6.42. The molecule has 2 heterocycles. The number of amides is 4. The number of nitrogens with zero attached hydrogens (tertiary/aromatic N) is 2. The van der Waals surface area contributed by atoms with Gasteiger partial charge in [0.2, 0.25) is 5.91 Å². The van der Waals surface area contributed by atoms with Crippen molar-refractivity contribution in [3.63, 3.8) is 0 Å². The fourth-order valence-corrected chi connectivity index (χ4v) is 6.75. The quantitative estimate of drug-likeness (QED) is 0.0762. The predicted molar refractivity (Wildman–Crippen MR) is 192 cm³/mol. The Morgan fingerprint density at radius 2 is 1.83 bits per heavy atom. The lowest BCUT2D eigenvalue weighted by molar-refractivity contribution is -0.171. The van der Waals surface area contributed by atoms with Crippen LogP contribution in [0.4, 0.5) is 10.5 Å². The summed E-state index contributed by atoms with van der Waals surface area (Å²) in [5.41, 5.74) is 6.67. The number of rotatable bonds is 12. The molecule has 2 unspecified atom stereocenters. The summed E-state index contributed by atoms with van der Waals surface area (Å²) in [5, 5.41) is 10.6. The lowest BCUT2D eigenvalue weighted by Gasteiger charge is -2.24. The number of aryl methyl sites for hydroxylation is 2. The van der Waals surface area contributed by atoms with Gasteiger partial charge in [0, 0.05) is 61.2 Å². The second kappa shape index (κ2) is 15.7. The first-order valence-electron chi connectivity index (χ1n) is 16.8. The van der Waals surface area contributed by atoms with E-state index >= 15 is 0 Å². The van der Waals surface area contributed by atoms with E-state index in [1.807, 2.05) is 65.0 Å². The van der Waals surface area contributed by atoms with E-state index < -0.39 is 50.2 Å². The van der Waals surface area contributed by atoms with Crippen molar-refractivity contribution in [2.75, 3.05) is 31.6 Å². The molecule has 0 spiro atoms. The second-order valence-corrected chi connectivity index (χ2v) is 13.7. The Morgan fingerprint density at radius 1 is 1.12 bits per heavy atom. The molecule has 2 aliphatic heterocycles. The van der Waals surface area contributed by atoms with Gasteiger partial charge in [-0.25, -0.2) is 9.36 Å². The highest BCUT2D eigenvalue weighted by Gasteiger charge is 2.40. The van der Waals surface area contributed by atoms with Crippen molar-refractivity contribution in [3.05, 3.63) is 76.2 Å². The highest BCUT2D eigenvalue weighted by atomic mass is 31.2. The molecule has 0 aromatic heterocycles. The van der Waals surface area contributed by atoms with E-state index in [-0.39, 0.29) is 19.4 Å². The minimum Gasteiger partial charge on any atom is -0.456 e. The van der Waals surface area contributed by atoms with Crippen LogP contribution in [0.5, 0.6) is 0 Å². The molecule has 16 heteroatoms. The highest BCUT2D eigenvalue weighted by molar-refractivity contribution is 7.46. The molecule has 52 heavy (non-hydrogen) atoms. The fraction of sp³-hybridized carbons (Fsp3) is 0.361. The summed E-state index contributed by atoms with van der Waals surface area (Å²) in [6.07, 6.45) is 2.11. The molecular weight excluding hydrogens is 693 g/mol. The van der Waals surface area contributed by atoms with Gasteiger partial charge in [-0.05, 0) is 80.2 Å². The standard InChI is InChI=1S/C36H42N5O10P/c1-7-37-26-17-28-24(15-19(26)3)32(25-16-20(4)27(38-8-2)18-29(25)50-28)21(5)13-23-14-22(6)33(35(44)39-11-12-49-52(46,47)48)34(23)40-36(45)51-41-30(42)9-10-31(41)43/h13-18,33-34,37H,6-12H2,1-5H3,(H,39,44)(H,40,45)(H2,46,47,48)/b21-13+,38-27?. The van der Waals surface area contributed by atoms with Gasteiger partial charge in [0.15, 0.2) is 0 Å². The van der Waals surface area contributed by atoms with Crippen LogP contribution < -0.4 is 21.3 Å². The normalized spacial score (nSPS) is 18.4. The molecule has 276 valence electrons. The van der Waals surface area contributed by atoms with Crippen LogP contribution in [-0.4, -0.2) is 70.9 Å². The van der Waals surface area contributed by atoms with Crippen LogP contribution in [0.15, 0.2) is 63.6 Å². The van der Waals surface area contributed by atoms with E-state index in [1.54, 1.807) is 6.08 Å². The van der Waals surface area contributed by atoms with Crippen LogP contribution in [0, 0.1) is 19.8 Å². The second-order valence-electron chi connectivity index (χ2n) is 12.5. The lowest BCUT2D eigenvalue weighted by Crippen LogP contribution is -2.48. The summed E-state index contributed by atoms with van der Waals surface area (Å²) < 4.78 is 22.0. The van der Waals surface area contributed by atoms with Gasteiger partial charge in [-0.3, -0.25) is 23.9 Å². The number of carbonyl (C=O) groups is 4. The molecule has 5 rings (SSSR count). The number of phosphoric acid groups is 1. The maximum Gasteiger partial charge on any atom is 0.469 e. The molecule has 2 aliphatic carbocycles. The smallest absolute Gasteiger partial charge is 0.456 e. The van der Waals surface area contributed by atoms with Crippen LogP contribution in [0.25, 0.3) is 27.9 Å². The van der Waals surface area contributed by atoms with E-state index in [0.717, 1.165) is 44.3 Å². The topological polar surface area (TPSA) is 209 Å². The van der Waals surface area contributed by atoms with E-state index in [9.17, 15) is 23.7 Å². The first kappa shape index (κ1) is 38.2. The molecule has 5 N–H and O–H groups in total. The Hall–Kier alpha value is -5.08. The van der Waals surface area contributed by atoms with Gasteiger partial charge >= 0.3 is 13.9 Å². The lowest BCUT2D eigenvalue weighted by atomic mass is 9.90. The van der Waals surface area contributed by atoms with Gasteiger partial charge in [0.1, 0.15) is 11.3 Å². The van der Waals surface area contributed by atoms with Crippen molar-refractivity contribution in [2.24, 2.45) is 10.9 Å². The van der Waals surface area contributed by atoms with Gasteiger partial charge < -0.3 is 35.0 Å². The predicted octanol–water partition coefficient (Wildman–Crippen LogP) is 4.41. The maximum absolute atomic E-state index is 13.5. The number of hydrogen-bond acceptors (Lipinski definition) is 10. The van der Waals surface area contributed by atoms with Crippen LogP contribution in [0.3, 0.4) is 0 Å². The third-order valence-corrected chi connectivity index (χ3v) is 9.22. The number of benzene rings is 2. The third kappa shape index (κ3) is 8.34. The maximum atomic E-state index is 13.5. The summed E-state index contributed by atoms with van der Waals surface area (Å²) in [5.74, 6) is -2.46. The molecular formula is C36H42N5O10P.